The molecule has 2 aromatic rings. The third-order valence-corrected chi connectivity index (χ3v) is 4.63. The fourth-order valence-corrected chi connectivity index (χ4v) is 3.17. The molecule has 1 atom stereocenters. The van der Waals surface area contributed by atoms with Gasteiger partial charge >= 0.3 is 0 Å². The van der Waals surface area contributed by atoms with Crippen LogP contribution in [0, 0.1) is 5.92 Å². The number of aliphatic imine (C=N–C) groups is 1. The van der Waals surface area contributed by atoms with Crippen LogP contribution in [0.25, 0.3) is 0 Å². The van der Waals surface area contributed by atoms with Gasteiger partial charge < -0.3 is 15.5 Å². The molecule has 0 bridgehead atoms. The van der Waals surface area contributed by atoms with Gasteiger partial charge in [-0.05, 0) is 37.5 Å². The van der Waals surface area contributed by atoms with Gasteiger partial charge in [0.05, 0.1) is 12.2 Å². The molecule has 6 heteroatoms. The van der Waals surface area contributed by atoms with Crippen molar-refractivity contribution < 1.29 is 0 Å². The van der Waals surface area contributed by atoms with Gasteiger partial charge in [-0.3, -0.25) is 4.68 Å². The summed E-state index contributed by atoms with van der Waals surface area (Å²) in [7, 11) is 1.95. The number of nitrogens with one attached hydrogen (secondary N) is 2. The average Bonchev–Trinajstić information content (AvgIpc) is 3.27. The molecule has 1 unspecified atom stereocenters. The standard InChI is InChI=1S/C19H28N6/c1-3-20-19(22-14-18-9-11-23-24(18)2)21-13-16-10-12-25(15-16)17-7-5-4-6-8-17/h4-9,11,16H,3,10,12-15H2,1-2H3,(H2,20,21,22). The first kappa shape index (κ1) is 17.3. The van der Waals surface area contributed by atoms with Gasteiger partial charge in [0.1, 0.15) is 0 Å². The van der Waals surface area contributed by atoms with Crippen LogP contribution in [-0.4, -0.2) is 41.9 Å². The summed E-state index contributed by atoms with van der Waals surface area (Å²) in [5.74, 6) is 1.52. The van der Waals surface area contributed by atoms with Crippen molar-refractivity contribution in [3.8, 4) is 0 Å². The van der Waals surface area contributed by atoms with E-state index in [-0.39, 0.29) is 0 Å². The zero-order chi connectivity index (χ0) is 17.5. The zero-order valence-corrected chi connectivity index (χ0v) is 15.2. The van der Waals surface area contributed by atoms with E-state index in [4.69, 9.17) is 0 Å². The lowest BCUT2D eigenvalue weighted by Gasteiger charge is -2.19. The van der Waals surface area contributed by atoms with Crippen molar-refractivity contribution in [3.63, 3.8) is 0 Å². The van der Waals surface area contributed by atoms with E-state index >= 15 is 0 Å². The minimum absolute atomic E-state index is 0.632. The van der Waals surface area contributed by atoms with Gasteiger partial charge in [0.15, 0.2) is 5.96 Å². The highest BCUT2D eigenvalue weighted by Gasteiger charge is 2.22. The molecule has 0 amide bonds. The third-order valence-electron chi connectivity index (χ3n) is 4.63. The summed E-state index contributed by atoms with van der Waals surface area (Å²) in [5.41, 5.74) is 2.43. The van der Waals surface area contributed by atoms with E-state index in [1.54, 1.807) is 0 Å². The Balaban J connectivity index is 1.51. The number of rotatable bonds is 6. The maximum absolute atomic E-state index is 4.67. The summed E-state index contributed by atoms with van der Waals surface area (Å²) in [6.07, 6.45) is 3.02. The summed E-state index contributed by atoms with van der Waals surface area (Å²) in [6.45, 7) is 6.75. The first-order valence-corrected chi connectivity index (χ1v) is 9.05. The quantitative estimate of drug-likeness (QED) is 0.624. The number of hydrogen-bond acceptors (Lipinski definition) is 3. The molecule has 6 nitrogen and oxygen atoms in total. The fourth-order valence-electron chi connectivity index (χ4n) is 3.17. The van der Waals surface area contributed by atoms with Crippen LogP contribution in [-0.2, 0) is 13.6 Å². The number of guanidine groups is 1. The van der Waals surface area contributed by atoms with Crippen LogP contribution in [0.4, 0.5) is 5.69 Å². The zero-order valence-electron chi connectivity index (χ0n) is 15.2. The molecule has 134 valence electrons. The molecular formula is C19H28N6. The number of aryl methyl sites for hydroxylation is 1. The van der Waals surface area contributed by atoms with Crippen molar-refractivity contribution in [2.24, 2.45) is 18.0 Å². The molecule has 2 N–H and O–H groups in total. The lowest BCUT2D eigenvalue weighted by Crippen LogP contribution is -2.40. The summed E-state index contributed by atoms with van der Waals surface area (Å²) in [4.78, 5) is 7.14. The van der Waals surface area contributed by atoms with E-state index in [2.05, 4.69) is 62.9 Å². The van der Waals surface area contributed by atoms with E-state index in [9.17, 15) is 0 Å². The molecule has 1 aliphatic heterocycles. The molecule has 25 heavy (non-hydrogen) atoms. The maximum Gasteiger partial charge on any atom is 0.191 e. The number of para-hydroxylation sites is 1. The van der Waals surface area contributed by atoms with Gasteiger partial charge in [-0.15, -0.1) is 0 Å². The number of benzene rings is 1. The van der Waals surface area contributed by atoms with Gasteiger partial charge in [0.25, 0.3) is 0 Å². The van der Waals surface area contributed by atoms with E-state index in [1.807, 2.05) is 24.0 Å². The molecule has 1 aromatic heterocycles. The van der Waals surface area contributed by atoms with Crippen LogP contribution in [0.1, 0.15) is 19.0 Å². The summed E-state index contributed by atoms with van der Waals surface area (Å²) in [6, 6.07) is 12.7. The Kier molecular flexibility index (Phi) is 5.93. The van der Waals surface area contributed by atoms with Crippen LogP contribution < -0.4 is 15.5 Å². The van der Waals surface area contributed by atoms with Crippen LogP contribution >= 0.6 is 0 Å². The monoisotopic (exact) mass is 340 g/mol. The maximum atomic E-state index is 4.67. The summed E-state index contributed by atoms with van der Waals surface area (Å²) in [5, 5.41) is 11.0. The normalized spacial score (nSPS) is 17.8. The Morgan fingerprint density at radius 3 is 2.80 bits per heavy atom. The molecule has 0 radical (unpaired) electrons. The molecular weight excluding hydrogens is 312 g/mol. The van der Waals surface area contributed by atoms with E-state index in [0.717, 1.165) is 37.8 Å². The second-order valence-corrected chi connectivity index (χ2v) is 6.46. The highest BCUT2D eigenvalue weighted by Crippen LogP contribution is 2.22. The van der Waals surface area contributed by atoms with Crippen LogP contribution in [0.15, 0.2) is 47.6 Å². The number of aromatic nitrogens is 2. The lowest BCUT2D eigenvalue weighted by atomic mass is 10.1. The Hall–Kier alpha value is -2.50. The number of anilines is 1. The van der Waals surface area contributed by atoms with Crippen LogP contribution in [0.2, 0.25) is 0 Å². The highest BCUT2D eigenvalue weighted by molar-refractivity contribution is 5.79. The number of nitrogens with zero attached hydrogens (tertiary/aromatic N) is 4. The molecule has 0 spiro atoms. The molecule has 1 aliphatic rings. The SMILES string of the molecule is CCNC(=NCc1ccnn1C)NCC1CCN(c2ccccc2)C1. The van der Waals surface area contributed by atoms with Crippen molar-refractivity contribution in [3.05, 3.63) is 48.3 Å². The van der Waals surface area contributed by atoms with Gasteiger partial charge in [-0.25, -0.2) is 4.99 Å². The minimum atomic E-state index is 0.632. The van der Waals surface area contributed by atoms with Crippen molar-refractivity contribution in [1.29, 1.82) is 0 Å². The van der Waals surface area contributed by atoms with Crippen LogP contribution in [0.3, 0.4) is 0 Å². The van der Waals surface area contributed by atoms with Gasteiger partial charge in [-0.2, -0.15) is 5.10 Å². The second-order valence-electron chi connectivity index (χ2n) is 6.46. The molecule has 1 fully saturated rings. The molecule has 1 saturated heterocycles. The second kappa shape index (κ2) is 8.55. The van der Waals surface area contributed by atoms with E-state index in [0.29, 0.717) is 12.5 Å². The highest BCUT2D eigenvalue weighted by atomic mass is 15.3. The summed E-state index contributed by atoms with van der Waals surface area (Å²) >= 11 is 0. The Morgan fingerprint density at radius 1 is 1.24 bits per heavy atom. The van der Waals surface area contributed by atoms with E-state index < -0.39 is 0 Å². The lowest BCUT2D eigenvalue weighted by molar-refractivity contribution is 0.565. The van der Waals surface area contributed by atoms with Crippen LogP contribution in [0.5, 0.6) is 0 Å². The van der Waals surface area contributed by atoms with Crippen molar-refractivity contribution in [1.82, 2.24) is 20.4 Å². The third kappa shape index (κ3) is 4.75. The average molecular weight is 340 g/mol. The Bertz CT molecular complexity index is 678. The first-order valence-electron chi connectivity index (χ1n) is 9.05. The Morgan fingerprint density at radius 2 is 2.08 bits per heavy atom. The topological polar surface area (TPSA) is 57.5 Å². The van der Waals surface area contributed by atoms with Crippen molar-refractivity contribution >= 4 is 11.6 Å². The predicted octanol–water partition coefficient (Wildman–Crippen LogP) is 2.00. The van der Waals surface area contributed by atoms with Gasteiger partial charge in [0, 0.05) is 45.1 Å². The van der Waals surface area contributed by atoms with Crippen molar-refractivity contribution in [2.45, 2.75) is 19.9 Å². The van der Waals surface area contributed by atoms with E-state index in [1.165, 1.54) is 12.1 Å². The number of hydrogen-bond donors (Lipinski definition) is 2. The fraction of sp³-hybridized carbons (Fsp3) is 0.474. The molecule has 0 aliphatic carbocycles. The van der Waals surface area contributed by atoms with Crippen molar-refractivity contribution in [2.75, 3.05) is 31.1 Å². The predicted molar refractivity (Wildman–Crippen MR) is 103 cm³/mol. The molecule has 3 rings (SSSR count). The van der Waals surface area contributed by atoms with Gasteiger partial charge in [-0.1, -0.05) is 18.2 Å². The largest absolute Gasteiger partial charge is 0.371 e. The molecule has 0 saturated carbocycles. The minimum Gasteiger partial charge on any atom is -0.371 e. The first-order chi connectivity index (χ1) is 12.3. The van der Waals surface area contributed by atoms with Gasteiger partial charge in [0.2, 0.25) is 0 Å². The molecule has 1 aromatic carbocycles. The summed E-state index contributed by atoms with van der Waals surface area (Å²) < 4.78 is 1.86. The molecule has 2 heterocycles. The smallest absolute Gasteiger partial charge is 0.191 e. The Labute approximate surface area is 149 Å².